The third kappa shape index (κ3) is 11.2. The fourth-order valence-electron chi connectivity index (χ4n) is 3.61. The maximum atomic E-state index is 11.3. The van der Waals surface area contributed by atoms with E-state index in [9.17, 15) is 8.42 Å². The second kappa shape index (κ2) is 15.9. The number of hydrogen-bond acceptors (Lipinski definition) is 2. The molecule has 170 valence electrons. The number of unbranched alkanes of at least 4 members (excludes halogenated alkanes) is 4. The minimum Gasteiger partial charge on any atom is -0.324 e. The molecule has 1 aromatic rings. The molecule has 0 saturated carbocycles. The van der Waals surface area contributed by atoms with E-state index in [-0.39, 0.29) is 0 Å². The second-order valence-electron chi connectivity index (χ2n) is 8.12. The van der Waals surface area contributed by atoms with Gasteiger partial charge in [-0.1, -0.05) is 71.6 Å². The van der Waals surface area contributed by atoms with Crippen LogP contribution in [0.4, 0.5) is 0 Å². The van der Waals surface area contributed by atoms with Crippen molar-refractivity contribution in [2.75, 3.05) is 33.2 Å². The van der Waals surface area contributed by atoms with Gasteiger partial charge in [0.05, 0.1) is 31.1 Å². The number of rotatable bonds is 14. The molecular weight excluding hydrogens is 380 g/mol. The van der Waals surface area contributed by atoms with E-state index in [1.807, 2.05) is 6.07 Å². The fraction of sp³-hybridized carbons (Fsp3) is 0.750. The standard InChI is InChI=1S/C16H36N.C8H11NO2S/c1-5-9-13-17(14-10-6-2,15-11-7-3)16-12-8-4;1-7-5-3-4-6-8(7)12(10,11)9-2/h5-16H2,1-4H3;3-6,9H,1-2H3/q+1;. The summed E-state index contributed by atoms with van der Waals surface area (Å²) in [6, 6.07) is 6.87. The molecule has 0 saturated heterocycles. The van der Waals surface area contributed by atoms with Crippen LogP contribution in [0.15, 0.2) is 29.2 Å². The topological polar surface area (TPSA) is 46.2 Å². The van der Waals surface area contributed by atoms with Gasteiger partial charge in [0, 0.05) is 0 Å². The van der Waals surface area contributed by atoms with Gasteiger partial charge < -0.3 is 4.48 Å². The molecule has 1 aromatic carbocycles. The lowest BCUT2D eigenvalue weighted by Crippen LogP contribution is -2.50. The molecule has 1 rings (SSSR count). The van der Waals surface area contributed by atoms with Gasteiger partial charge in [0.25, 0.3) is 0 Å². The van der Waals surface area contributed by atoms with E-state index >= 15 is 0 Å². The number of nitrogens with zero attached hydrogens (tertiary/aromatic N) is 1. The number of sulfonamides is 1. The smallest absolute Gasteiger partial charge is 0.240 e. The van der Waals surface area contributed by atoms with Crippen LogP contribution in [0.1, 0.15) is 84.6 Å². The van der Waals surface area contributed by atoms with Gasteiger partial charge in [0.15, 0.2) is 0 Å². The molecule has 0 aliphatic heterocycles. The molecule has 0 atom stereocenters. The van der Waals surface area contributed by atoms with E-state index in [1.54, 1.807) is 25.1 Å². The molecule has 0 unspecified atom stereocenters. The van der Waals surface area contributed by atoms with Crippen LogP contribution in [-0.4, -0.2) is 46.1 Å². The third-order valence-corrected chi connectivity index (χ3v) is 7.17. The van der Waals surface area contributed by atoms with Gasteiger partial charge in [-0.3, -0.25) is 0 Å². The van der Waals surface area contributed by atoms with Crippen LogP contribution in [0.2, 0.25) is 0 Å². The van der Waals surface area contributed by atoms with Gasteiger partial charge in [-0.2, -0.15) is 0 Å². The Kier molecular flexibility index (Phi) is 15.4. The molecule has 0 bridgehead atoms. The molecule has 0 aliphatic carbocycles. The number of quaternary nitrogens is 1. The van der Waals surface area contributed by atoms with E-state index in [4.69, 9.17) is 0 Å². The molecule has 0 aromatic heterocycles. The van der Waals surface area contributed by atoms with Crippen molar-refractivity contribution < 1.29 is 12.9 Å². The van der Waals surface area contributed by atoms with Gasteiger partial charge in [-0.05, 0) is 51.3 Å². The average molecular weight is 428 g/mol. The lowest BCUT2D eigenvalue weighted by Gasteiger charge is -2.39. The Hall–Kier alpha value is -0.910. The molecule has 29 heavy (non-hydrogen) atoms. The number of nitrogens with one attached hydrogen (secondary N) is 1. The van der Waals surface area contributed by atoms with E-state index < -0.39 is 10.0 Å². The summed E-state index contributed by atoms with van der Waals surface area (Å²) in [7, 11) is -1.87. The number of benzene rings is 1. The van der Waals surface area contributed by atoms with Crippen molar-refractivity contribution in [2.45, 2.75) is 90.9 Å². The van der Waals surface area contributed by atoms with Crippen molar-refractivity contribution in [1.29, 1.82) is 0 Å². The van der Waals surface area contributed by atoms with Crippen LogP contribution in [0.5, 0.6) is 0 Å². The Morgan fingerprint density at radius 2 is 1.14 bits per heavy atom. The Labute approximate surface area is 181 Å². The summed E-state index contributed by atoms with van der Waals surface area (Å²) in [4.78, 5) is 0.340. The zero-order valence-electron chi connectivity index (χ0n) is 20.0. The largest absolute Gasteiger partial charge is 0.324 e. The number of aryl methyl sites for hydroxylation is 1. The van der Waals surface area contributed by atoms with E-state index in [1.165, 1.54) is 89.1 Å². The molecule has 0 aliphatic rings. The van der Waals surface area contributed by atoms with Gasteiger partial charge in [0.2, 0.25) is 10.0 Å². The molecule has 0 amide bonds. The van der Waals surface area contributed by atoms with Crippen LogP contribution in [-0.2, 0) is 10.0 Å². The van der Waals surface area contributed by atoms with Crippen molar-refractivity contribution in [3.05, 3.63) is 29.8 Å². The Morgan fingerprint density at radius 1 is 0.759 bits per heavy atom. The quantitative estimate of drug-likeness (QED) is 0.375. The summed E-state index contributed by atoms with van der Waals surface area (Å²) in [6.07, 6.45) is 11.1. The first-order valence-electron chi connectivity index (χ1n) is 11.7. The van der Waals surface area contributed by atoms with Crippen LogP contribution in [0.25, 0.3) is 0 Å². The summed E-state index contributed by atoms with van der Waals surface area (Å²) in [6.45, 7) is 16.8. The molecular formula is C24H47N2O2S+. The molecule has 0 fully saturated rings. The predicted octanol–water partition coefficient (Wildman–Crippen LogP) is 5.91. The lowest BCUT2D eigenvalue weighted by molar-refractivity contribution is -0.929. The van der Waals surface area contributed by atoms with E-state index in [2.05, 4.69) is 32.4 Å². The molecule has 5 heteroatoms. The maximum absolute atomic E-state index is 11.3. The average Bonchev–Trinajstić information content (AvgIpc) is 2.73. The first-order chi connectivity index (χ1) is 13.8. The van der Waals surface area contributed by atoms with Gasteiger partial charge in [-0.25, -0.2) is 13.1 Å². The first kappa shape index (κ1) is 28.1. The highest BCUT2D eigenvalue weighted by Crippen LogP contribution is 2.16. The Balaban J connectivity index is 0.000000571. The molecule has 0 radical (unpaired) electrons. The Morgan fingerprint density at radius 3 is 1.45 bits per heavy atom. The van der Waals surface area contributed by atoms with Crippen molar-refractivity contribution >= 4 is 10.0 Å². The summed E-state index contributed by atoms with van der Waals surface area (Å²) in [5, 5.41) is 0. The van der Waals surface area contributed by atoms with Gasteiger partial charge in [0.1, 0.15) is 0 Å². The molecule has 1 N–H and O–H groups in total. The predicted molar refractivity (Wildman–Crippen MR) is 127 cm³/mol. The minimum absolute atomic E-state index is 0.340. The summed E-state index contributed by atoms with van der Waals surface area (Å²) < 4.78 is 26.3. The SMILES string of the molecule is CCCC[N+](CCCC)(CCCC)CCCC.CNS(=O)(=O)c1ccccc1C. The first-order valence-corrected chi connectivity index (χ1v) is 13.1. The maximum Gasteiger partial charge on any atom is 0.240 e. The summed E-state index contributed by atoms with van der Waals surface area (Å²) >= 11 is 0. The van der Waals surface area contributed by atoms with E-state index in [0.29, 0.717) is 4.90 Å². The molecule has 0 spiro atoms. The highest BCUT2D eigenvalue weighted by molar-refractivity contribution is 7.89. The van der Waals surface area contributed by atoms with Crippen LogP contribution >= 0.6 is 0 Å². The number of hydrogen-bond donors (Lipinski definition) is 1. The summed E-state index contributed by atoms with van der Waals surface area (Å²) in [5.74, 6) is 0. The zero-order valence-corrected chi connectivity index (χ0v) is 20.8. The van der Waals surface area contributed by atoms with Gasteiger partial charge in [-0.15, -0.1) is 0 Å². The van der Waals surface area contributed by atoms with Crippen LogP contribution < -0.4 is 4.72 Å². The van der Waals surface area contributed by atoms with Crippen molar-refractivity contribution in [3.8, 4) is 0 Å². The van der Waals surface area contributed by atoms with Crippen molar-refractivity contribution in [3.63, 3.8) is 0 Å². The van der Waals surface area contributed by atoms with E-state index in [0.717, 1.165) is 5.56 Å². The fourth-order valence-corrected chi connectivity index (χ4v) is 4.58. The molecule has 4 nitrogen and oxygen atoms in total. The minimum atomic E-state index is -3.28. The highest BCUT2D eigenvalue weighted by Gasteiger charge is 2.24. The summed E-state index contributed by atoms with van der Waals surface area (Å²) in [5.41, 5.74) is 0.756. The monoisotopic (exact) mass is 427 g/mol. The van der Waals surface area contributed by atoms with Gasteiger partial charge >= 0.3 is 0 Å². The lowest BCUT2D eigenvalue weighted by atomic mass is 10.1. The van der Waals surface area contributed by atoms with Crippen LogP contribution in [0, 0.1) is 6.92 Å². The van der Waals surface area contributed by atoms with Crippen molar-refractivity contribution in [2.24, 2.45) is 0 Å². The normalized spacial score (nSPS) is 11.8. The second-order valence-corrected chi connectivity index (χ2v) is 9.98. The third-order valence-electron chi connectivity index (χ3n) is 5.60. The van der Waals surface area contributed by atoms with Crippen molar-refractivity contribution in [1.82, 2.24) is 4.72 Å². The van der Waals surface area contributed by atoms with Crippen LogP contribution in [0.3, 0.4) is 0 Å². The zero-order chi connectivity index (χ0) is 22.2. The Bertz CT molecular complexity index is 592. The molecule has 0 heterocycles. The highest BCUT2D eigenvalue weighted by atomic mass is 32.2.